The van der Waals surface area contributed by atoms with Crippen molar-refractivity contribution in [3.8, 4) is 10.4 Å². The normalized spacial score (nSPS) is 11.3. The van der Waals surface area contributed by atoms with Gasteiger partial charge >= 0.3 is 5.97 Å². The molecule has 1 heterocycles. The van der Waals surface area contributed by atoms with E-state index in [9.17, 15) is 4.79 Å². The number of carboxylic acids is 1. The molecule has 0 bridgehead atoms. The summed E-state index contributed by atoms with van der Waals surface area (Å²) < 4.78 is 0. The van der Waals surface area contributed by atoms with Gasteiger partial charge in [0.1, 0.15) is 0 Å². The Morgan fingerprint density at radius 3 is 2.45 bits per heavy atom. The molecule has 0 amide bonds. The lowest BCUT2D eigenvalue weighted by molar-refractivity contribution is -0.137. The quantitative estimate of drug-likeness (QED) is 0.822. The minimum Gasteiger partial charge on any atom is -0.481 e. The third kappa shape index (κ3) is 4.68. The summed E-state index contributed by atoms with van der Waals surface area (Å²) in [6.07, 6.45) is 0.189. The second kappa shape index (κ2) is 7.56. The average molecular weight is 317 g/mol. The third-order valence-electron chi connectivity index (χ3n) is 3.70. The van der Waals surface area contributed by atoms with Crippen LogP contribution in [0.1, 0.15) is 30.7 Å². The summed E-state index contributed by atoms with van der Waals surface area (Å²) in [5.74, 6) is -0.739. The molecule has 22 heavy (non-hydrogen) atoms. The molecule has 0 aliphatic rings. The number of thiophene rings is 1. The Morgan fingerprint density at radius 2 is 1.86 bits per heavy atom. The standard InChI is InChI=1S/C18H23NO2S/c1-13(2)19(11-10-18(20)21)12-16-8-9-17(22-16)15-6-4-14(3)5-7-15/h4-9,13H,10-12H2,1-3H3,(H,20,21). The van der Waals surface area contributed by atoms with Crippen LogP contribution in [-0.2, 0) is 11.3 Å². The fourth-order valence-electron chi connectivity index (χ4n) is 2.30. The van der Waals surface area contributed by atoms with Gasteiger partial charge in [0, 0.05) is 28.9 Å². The van der Waals surface area contributed by atoms with Crippen LogP contribution in [0.4, 0.5) is 0 Å². The van der Waals surface area contributed by atoms with Crippen molar-refractivity contribution in [2.24, 2.45) is 0 Å². The number of hydrogen-bond donors (Lipinski definition) is 1. The Kier molecular flexibility index (Phi) is 5.75. The van der Waals surface area contributed by atoms with E-state index < -0.39 is 5.97 Å². The molecule has 0 atom stereocenters. The largest absolute Gasteiger partial charge is 0.481 e. The highest BCUT2D eigenvalue weighted by Gasteiger charge is 2.13. The molecule has 0 aliphatic carbocycles. The van der Waals surface area contributed by atoms with Gasteiger partial charge in [-0.1, -0.05) is 29.8 Å². The molecule has 0 saturated heterocycles. The predicted octanol–water partition coefficient (Wildman–Crippen LogP) is 4.41. The fraction of sp³-hybridized carbons (Fsp3) is 0.389. The summed E-state index contributed by atoms with van der Waals surface area (Å²) in [7, 11) is 0. The number of carboxylic acid groups (broad SMARTS) is 1. The monoisotopic (exact) mass is 317 g/mol. The van der Waals surface area contributed by atoms with Gasteiger partial charge in [-0.05, 0) is 38.5 Å². The molecule has 3 nitrogen and oxygen atoms in total. The Morgan fingerprint density at radius 1 is 1.18 bits per heavy atom. The minimum absolute atomic E-state index is 0.189. The van der Waals surface area contributed by atoms with Gasteiger partial charge in [0.05, 0.1) is 6.42 Å². The van der Waals surface area contributed by atoms with Crippen molar-refractivity contribution in [3.63, 3.8) is 0 Å². The molecular weight excluding hydrogens is 294 g/mol. The minimum atomic E-state index is -0.739. The van der Waals surface area contributed by atoms with Gasteiger partial charge in [-0.3, -0.25) is 9.69 Å². The topological polar surface area (TPSA) is 40.5 Å². The van der Waals surface area contributed by atoms with Crippen LogP contribution in [0.3, 0.4) is 0 Å². The average Bonchev–Trinajstić information content (AvgIpc) is 2.92. The van der Waals surface area contributed by atoms with E-state index in [0.29, 0.717) is 12.6 Å². The number of hydrogen-bond acceptors (Lipinski definition) is 3. The van der Waals surface area contributed by atoms with Crippen molar-refractivity contribution in [2.45, 2.75) is 39.8 Å². The third-order valence-corrected chi connectivity index (χ3v) is 4.82. The zero-order valence-electron chi connectivity index (χ0n) is 13.4. The maximum Gasteiger partial charge on any atom is 0.304 e. The van der Waals surface area contributed by atoms with Crippen LogP contribution in [0.2, 0.25) is 0 Å². The highest BCUT2D eigenvalue weighted by atomic mass is 32.1. The van der Waals surface area contributed by atoms with Crippen molar-refractivity contribution in [1.29, 1.82) is 0 Å². The Labute approximate surface area is 136 Å². The van der Waals surface area contributed by atoms with Crippen LogP contribution in [0.25, 0.3) is 10.4 Å². The van der Waals surface area contributed by atoms with E-state index in [0.717, 1.165) is 6.54 Å². The Bertz CT molecular complexity index is 616. The first kappa shape index (κ1) is 16.7. The molecule has 0 aliphatic heterocycles. The number of aryl methyl sites for hydroxylation is 1. The molecule has 0 unspecified atom stereocenters. The summed E-state index contributed by atoms with van der Waals surface area (Å²) in [5, 5.41) is 8.86. The van der Waals surface area contributed by atoms with Crippen molar-refractivity contribution >= 4 is 17.3 Å². The molecule has 1 aromatic heterocycles. The van der Waals surface area contributed by atoms with Crippen LogP contribution in [0.15, 0.2) is 36.4 Å². The predicted molar refractivity (Wildman–Crippen MR) is 92.3 cm³/mol. The molecule has 0 radical (unpaired) electrons. The zero-order valence-corrected chi connectivity index (χ0v) is 14.2. The smallest absolute Gasteiger partial charge is 0.304 e. The molecule has 0 spiro atoms. The van der Waals surface area contributed by atoms with Gasteiger partial charge < -0.3 is 5.11 Å². The van der Waals surface area contributed by atoms with Crippen molar-refractivity contribution in [3.05, 3.63) is 46.8 Å². The molecule has 2 aromatic rings. The van der Waals surface area contributed by atoms with E-state index in [1.54, 1.807) is 11.3 Å². The second-order valence-electron chi connectivity index (χ2n) is 5.84. The summed E-state index contributed by atoms with van der Waals surface area (Å²) in [6, 6.07) is 13.2. The summed E-state index contributed by atoms with van der Waals surface area (Å²) in [5.41, 5.74) is 2.50. The molecule has 2 rings (SSSR count). The Balaban J connectivity index is 2.06. The first-order valence-electron chi connectivity index (χ1n) is 7.57. The molecular formula is C18H23NO2S. The maximum absolute atomic E-state index is 10.8. The van der Waals surface area contributed by atoms with Crippen LogP contribution in [-0.4, -0.2) is 28.6 Å². The Hall–Kier alpha value is -1.65. The molecule has 1 N–H and O–H groups in total. The van der Waals surface area contributed by atoms with Gasteiger partial charge in [0.2, 0.25) is 0 Å². The lowest BCUT2D eigenvalue weighted by atomic mass is 10.1. The first-order valence-corrected chi connectivity index (χ1v) is 8.39. The maximum atomic E-state index is 10.8. The van der Waals surface area contributed by atoms with Crippen LogP contribution in [0, 0.1) is 6.92 Å². The van der Waals surface area contributed by atoms with Crippen molar-refractivity contribution < 1.29 is 9.90 Å². The van der Waals surface area contributed by atoms with E-state index >= 15 is 0 Å². The summed E-state index contributed by atoms with van der Waals surface area (Å²) >= 11 is 1.78. The number of carbonyl (C=O) groups is 1. The van der Waals surface area contributed by atoms with Gasteiger partial charge in [-0.2, -0.15) is 0 Å². The van der Waals surface area contributed by atoms with Crippen LogP contribution >= 0.6 is 11.3 Å². The van der Waals surface area contributed by atoms with E-state index in [4.69, 9.17) is 5.11 Å². The van der Waals surface area contributed by atoms with Crippen molar-refractivity contribution in [2.75, 3.05) is 6.54 Å². The second-order valence-corrected chi connectivity index (χ2v) is 7.01. The van der Waals surface area contributed by atoms with Gasteiger partial charge in [-0.25, -0.2) is 0 Å². The van der Waals surface area contributed by atoms with Crippen LogP contribution < -0.4 is 0 Å². The molecule has 0 saturated carbocycles. The van der Waals surface area contributed by atoms with E-state index in [2.05, 4.69) is 62.1 Å². The lowest BCUT2D eigenvalue weighted by Gasteiger charge is -2.25. The molecule has 1 aromatic carbocycles. The van der Waals surface area contributed by atoms with Gasteiger partial charge in [0.15, 0.2) is 0 Å². The first-order chi connectivity index (χ1) is 10.5. The fourth-order valence-corrected chi connectivity index (χ4v) is 3.33. The zero-order chi connectivity index (χ0) is 16.1. The molecule has 118 valence electrons. The van der Waals surface area contributed by atoms with Crippen LogP contribution in [0.5, 0.6) is 0 Å². The molecule has 0 fully saturated rings. The lowest BCUT2D eigenvalue weighted by Crippen LogP contribution is -2.32. The van der Waals surface area contributed by atoms with Crippen molar-refractivity contribution in [1.82, 2.24) is 4.90 Å². The van der Waals surface area contributed by atoms with E-state index in [-0.39, 0.29) is 6.42 Å². The number of benzene rings is 1. The number of rotatable bonds is 7. The van der Waals surface area contributed by atoms with E-state index in [1.807, 2.05) is 0 Å². The number of aliphatic carboxylic acids is 1. The van der Waals surface area contributed by atoms with Gasteiger partial charge in [-0.15, -0.1) is 11.3 Å². The SMILES string of the molecule is Cc1ccc(-c2ccc(CN(CCC(=O)O)C(C)C)s2)cc1. The van der Waals surface area contributed by atoms with E-state index in [1.165, 1.54) is 20.9 Å². The summed E-state index contributed by atoms with van der Waals surface area (Å²) in [6.45, 7) is 7.70. The van der Waals surface area contributed by atoms with Gasteiger partial charge in [0.25, 0.3) is 0 Å². The number of nitrogens with zero attached hydrogens (tertiary/aromatic N) is 1. The highest BCUT2D eigenvalue weighted by Crippen LogP contribution is 2.29. The summed E-state index contributed by atoms with van der Waals surface area (Å²) in [4.78, 5) is 15.5. The molecule has 4 heteroatoms. The highest BCUT2D eigenvalue weighted by molar-refractivity contribution is 7.15.